The third-order valence-corrected chi connectivity index (χ3v) is 10.7. The van der Waals surface area contributed by atoms with Crippen LogP contribution in [0.2, 0.25) is 0 Å². The highest BCUT2D eigenvalue weighted by atomic mass is 79.9. The Hall–Kier alpha value is -1.32. The molecule has 3 amide bonds. The highest BCUT2D eigenvalue weighted by molar-refractivity contribution is 9.09. The van der Waals surface area contributed by atoms with Crippen molar-refractivity contribution in [1.29, 1.82) is 0 Å². The number of aliphatic hydroxyl groups excluding tert-OH is 1. The molecule has 7 atom stereocenters. The minimum absolute atomic E-state index is 0.0138. The second-order valence-electron chi connectivity index (χ2n) is 10.9. The lowest BCUT2D eigenvalue weighted by Crippen LogP contribution is -2.60. The molecule has 7 nitrogen and oxygen atoms in total. The molecule has 3 aliphatic heterocycles. The summed E-state index contributed by atoms with van der Waals surface area (Å²) in [5.41, 5.74) is -0.483. The van der Waals surface area contributed by atoms with Gasteiger partial charge in [0.15, 0.2) is 0 Å². The van der Waals surface area contributed by atoms with E-state index >= 15 is 0 Å². The van der Waals surface area contributed by atoms with Crippen LogP contribution in [0.25, 0.3) is 0 Å². The van der Waals surface area contributed by atoms with Gasteiger partial charge in [-0.25, -0.2) is 0 Å². The maximum atomic E-state index is 14.3. The number of nitrogens with zero attached hydrogens (tertiary/aromatic N) is 3. The molecule has 196 valence electrons. The quantitative estimate of drug-likeness (QED) is 0.323. The van der Waals surface area contributed by atoms with Gasteiger partial charge in [-0.2, -0.15) is 0 Å². The molecule has 1 spiro atoms. The van der Waals surface area contributed by atoms with Crippen molar-refractivity contribution in [3.8, 4) is 0 Å². The van der Waals surface area contributed by atoms with Crippen molar-refractivity contribution in [1.82, 2.24) is 14.7 Å². The SMILES string of the molecule is C=CCN(CCC)C(=O)[C@H]1[C@H]2C(=O)N([C@H](C)CO)C(C(=O)N(CC=C)C(C)(C)C)C23CC(Br)[C@@H]1S3. The van der Waals surface area contributed by atoms with Gasteiger partial charge in [0.25, 0.3) is 0 Å². The predicted molar refractivity (Wildman–Crippen MR) is 144 cm³/mol. The second kappa shape index (κ2) is 10.6. The number of carbonyl (C=O) groups is 3. The number of thioether (sulfide) groups is 1. The highest BCUT2D eigenvalue weighted by Crippen LogP contribution is 2.68. The number of likely N-dealkylation sites (tertiary alicyclic amines) is 1. The number of aliphatic hydroxyl groups is 1. The number of hydrogen-bond donors (Lipinski definition) is 1. The zero-order valence-corrected chi connectivity index (χ0v) is 24.0. The van der Waals surface area contributed by atoms with Gasteiger partial charge in [-0.3, -0.25) is 14.4 Å². The van der Waals surface area contributed by atoms with Crippen LogP contribution in [0, 0.1) is 11.8 Å². The summed E-state index contributed by atoms with van der Waals surface area (Å²) in [6.45, 7) is 18.5. The van der Waals surface area contributed by atoms with E-state index in [1.165, 1.54) is 0 Å². The first-order chi connectivity index (χ1) is 16.4. The number of amides is 3. The Balaban J connectivity index is 2.13. The third-order valence-electron chi connectivity index (χ3n) is 7.53. The van der Waals surface area contributed by atoms with Crippen LogP contribution < -0.4 is 0 Å². The van der Waals surface area contributed by atoms with Crippen LogP contribution in [-0.4, -0.2) is 96.2 Å². The molecular formula is C26H40BrN3O4S. The summed E-state index contributed by atoms with van der Waals surface area (Å²) in [7, 11) is 0. The van der Waals surface area contributed by atoms with Gasteiger partial charge in [-0.05, 0) is 40.5 Å². The van der Waals surface area contributed by atoms with Crippen LogP contribution in [0.3, 0.4) is 0 Å². The van der Waals surface area contributed by atoms with Crippen LogP contribution in [0.1, 0.15) is 47.5 Å². The van der Waals surface area contributed by atoms with Crippen molar-refractivity contribution in [2.24, 2.45) is 11.8 Å². The molecule has 0 radical (unpaired) electrons. The summed E-state index contributed by atoms with van der Waals surface area (Å²) in [6, 6.07) is -1.29. The molecule has 0 aromatic carbocycles. The smallest absolute Gasteiger partial charge is 0.247 e. The Labute approximate surface area is 222 Å². The summed E-state index contributed by atoms with van der Waals surface area (Å²) >= 11 is 5.44. The zero-order chi connectivity index (χ0) is 26.3. The van der Waals surface area contributed by atoms with Crippen molar-refractivity contribution < 1.29 is 19.5 Å². The lowest BCUT2D eigenvalue weighted by Gasteiger charge is -2.43. The Bertz CT molecular complexity index is 877. The van der Waals surface area contributed by atoms with Gasteiger partial charge in [-0.1, -0.05) is 35.0 Å². The highest BCUT2D eigenvalue weighted by Gasteiger charge is 2.76. The fourth-order valence-electron chi connectivity index (χ4n) is 6.09. The van der Waals surface area contributed by atoms with Crippen LogP contribution in [0.4, 0.5) is 0 Å². The van der Waals surface area contributed by atoms with Gasteiger partial charge in [-0.15, -0.1) is 24.9 Å². The van der Waals surface area contributed by atoms with E-state index in [1.54, 1.807) is 45.5 Å². The minimum atomic E-state index is -0.756. The second-order valence-corrected chi connectivity index (χ2v) is 13.6. The molecule has 3 heterocycles. The Kier molecular flexibility index (Phi) is 8.54. The van der Waals surface area contributed by atoms with Crippen LogP contribution in [-0.2, 0) is 14.4 Å². The van der Waals surface area contributed by atoms with Crippen molar-refractivity contribution in [3.63, 3.8) is 0 Å². The fraction of sp³-hybridized carbons (Fsp3) is 0.731. The average Bonchev–Trinajstić information content (AvgIpc) is 3.38. The molecule has 3 unspecified atom stereocenters. The molecule has 3 fully saturated rings. The van der Waals surface area contributed by atoms with Gasteiger partial charge in [0.05, 0.1) is 29.2 Å². The van der Waals surface area contributed by atoms with Gasteiger partial charge in [0.2, 0.25) is 17.7 Å². The van der Waals surface area contributed by atoms with Crippen molar-refractivity contribution in [2.45, 2.75) is 79.9 Å². The van der Waals surface area contributed by atoms with E-state index in [0.29, 0.717) is 26.1 Å². The summed E-state index contributed by atoms with van der Waals surface area (Å²) in [5.74, 6) is -1.51. The van der Waals surface area contributed by atoms with E-state index in [4.69, 9.17) is 0 Å². The van der Waals surface area contributed by atoms with Crippen LogP contribution in [0.15, 0.2) is 25.3 Å². The first-order valence-corrected chi connectivity index (χ1v) is 14.3. The molecular weight excluding hydrogens is 530 g/mol. The number of carbonyl (C=O) groups excluding carboxylic acids is 3. The fourth-order valence-corrected chi connectivity index (χ4v) is 9.68. The summed E-state index contributed by atoms with van der Waals surface area (Å²) < 4.78 is -0.729. The largest absolute Gasteiger partial charge is 0.394 e. The monoisotopic (exact) mass is 569 g/mol. The van der Waals surface area contributed by atoms with Crippen molar-refractivity contribution in [3.05, 3.63) is 25.3 Å². The first kappa shape index (κ1) is 28.3. The lowest BCUT2D eigenvalue weighted by molar-refractivity contribution is -0.148. The van der Waals surface area contributed by atoms with E-state index in [-0.39, 0.29) is 34.4 Å². The van der Waals surface area contributed by atoms with Gasteiger partial charge >= 0.3 is 0 Å². The maximum absolute atomic E-state index is 14.3. The average molecular weight is 571 g/mol. The molecule has 3 rings (SSSR count). The Morgan fingerprint density at radius 1 is 1.29 bits per heavy atom. The molecule has 0 aromatic heterocycles. The molecule has 1 N–H and O–H groups in total. The number of rotatable bonds is 10. The minimum Gasteiger partial charge on any atom is -0.394 e. The summed E-state index contributed by atoms with van der Waals surface area (Å²) in [6.07, 6.45) is 4.84. The molecule has 0 saturated carbocycles. The normalized spacial score (nSPS) is 32.4. The first-order valence-electron chi connectivity index (χ1n) is 12.5. The number of hydrogen-bond acceptors (Lipinski definition) is 5. The third kappa shape index (κ3) is 4.61. The standard InChI is InChI=1S/C26H40BrN3O4S/c1-8-11-28(12-9-2)22(32)18-19-23(33)30(16(4)15-31)21(26(19)14-17(27)20(18)35-26)24(34)29(13-10-3)25(5,6)7/h8,10,16-21,31H,1,3,9,11-15H2,2,4-7H3/t16-,17?,18+,19+,20+,21?,26?/m1/s1. The van der Waals surface area contributed by atoms with Gasteiger partial charge < -0.3 is 19.8 Å². The molecule has 2 bridgehead atoms. The number of halogens is 1. The molecule has 0 aliphatic carbocycles. The van der Waals surface area contributed by atoms with Gasteiger partial charge in [0.1, 0.15) is 6.04 Å². The number of fused-ring (bicyclic) bond motifs is 1. The Morgan fingerprint density at radius 3 is 2.43 bits per heavy atom. The van der Waals surface area contributed by atoms with Gasteiger partial charge in [0, 0.05) is 35.3 Å². The summed E-state index contributed by atoms with van der Waals surface area (Å²) in [5, 5.41) is 9.97. The Morgan fingerprint density at radius 2 is 1.91 bits per heavy atom. The lowest BCUT2D eigenvalue weighted by atomic mass is 9.70. The molecule has 3 aliphatic rings. The zero-order valence-electron chi connectivity index (χ0n) is 21.6. The molecule has 9 heteroatoms. The molecule has 0 aromatic rings. The van der Waals surface area contributed by atoms with E-state index < -0.39 is 34.2 Å². The topological polar surface area (TPSA) is 81.2 Å². The van der Waals surface area contributed by atoms with Crippen molar-refractivity contribution >= 4 is 45.4 Å². The maximum Gasteiger partial charge on any atom is 0.247 e. The number of alkyl halides is 1. The summed E-state index contributed by atoms with van der Waals surface area (Å²) in [4.78, 5) is 47.4. The van der Waals surface area contributed by atoms with E-state index in [2.05, 4.69) is 29.1 Å². The van der Waals surface area contributed by atoms with Crippen LogP contribution >= 0.6 is 27.7 Å². The van der Waals surface area contributed by atoms with Crippen LogP contribution in [0.5, 0.6) is 0 Å². The van der Waals surface area contributed by atoms with Crippen molar-refractivity contribution in [2.75, 3.05) is 26.2 Å². The van der Waals surface area contributed by atoms with E-state index in [9.17, 15) is 19.5 Å². The van der Waals surface area contributed by atoms with E-state index in [0.717, 1.165) is 6.42 Å². The predicted octanol–water partition coefficient (Wildman–Crippen LogP) is 3.07. The van der Waals surface area contributed by atoms with E-state index in [1.807, 2.05) is 27.7 Å². The molecule has 3 saturated heterocycles. The molecule has 35 heavy (non-hydrogen) atoms.